The average molecular weight is 298 g/mol. The van der Waals surface area contributed by atoms with Crippen molar-refractivity contribution in [2.45, 2.75) is 31.9 Å². The Kier molecular flexibility index (Phi) is 12.6. The number of hydrogen-bond acceptors (Lipinski definition) is 6. The van der Waals surface area contributed by atoms with E-state index in [4.69, 9.17) is 26.4 Å². The van der Waals surface area contributed by atoms with Gasteiger partial charge in [0.1, 0.15) is 12.6 Å². The van der Waals surface area contributed by atoms with E-state index < -0.39 is 6.04 Å². The molecular weight excluding hydrogens is 272 g/mol. The lowest BCUT2D eigenvalue weighted by Gasteiger charge is -2.11. The minimum absolute atomic E-state index is 0.125. The summed E-state index contributed by atoms with van der Waals surface area (Å²) in [4.78, 5) is 11.5. The van der Waals surface area contributed by atoms with Crippen LogP contribution in [0.4, 0.5) is 0 Å². The number of rotatable bonds is 8. The summed E-state index contributed by atoms with van der Waals surface area (Å²) < 4.78 is 5.13. The number of nitrogens with two attached hydrogens (primary N) is 2. The van der Waals surface area contributed by atoms with E-state index in [1.807, 2.05) is 30.3 Å². The zero-order valence-electron chi connectivity index (χ0n) is 12.3. The van der Waals surface area contributed by atoms with E-state index >= 15 is 0 Å². The van der Waals surface area contributed by atoms with Gasteiger partial charge in [-0.25, -0.2) is 0 Å². The third-order valence-corrected chi connectivity index (χ3v) is 2.60. The van der Waals surface area contributed by atoms with E-state index in [1.165, 1.54) is 0 Å². The fraction of sp³-hybridized carbons (Fsp3) is 0.533. The summed E-state index contributed by atoms with van der Waals surface area (Å²) in [5.74, 6) is -0.342. The summed E-state index contributed by atoms with van der Waals surface area (Å²) >= 11 is 0. The lowest BCUT2D eigenvalue weighted by atomic mass is 10.1. The topological polar surface area (TPSA) is 119 Å². The van der Waals surface area contributed by atoms with Crippen LogP contribution in [0, 0.1) is 0 Å². The summed E-state index contributed by atoms with van der Waals surface area (Å²) in [5, 5.41) is 15.2. The van der Waals surface area contributed by atoms with Crippen LogP contribution in [0.2, 0.25) is 0 Å². The molecule has 120 valence electrons. The van der Waals surface area contributed by atoms with Crippen LogP contribution in [-0.4, -0.2) is 42.0 Å². The van der Waals surface area contributed by atoms with E-state index in [0.29, 0.717) is 13.0 Å². The summed E-state index contributed by atoms with van der Waals surface area (Å²) in [6, 6.07) is 9.02. The average Bonchev–Trinajstić information content (AvgIpc) is 2.54. The van der Waals surface area contributed by atoms with Crippen LogP contribution in [-0.2, 0) is 16.1 Å². The van der Waals surface area contributed by atoms with Gasteiger partial charge in [-0.2, -0.15) is 0 Å². The van der Waals surface area contributed by atoms with Crippen LogP contribution in [0.5, 0.6) is 0 Å². The summed E-state index contributed by atoms with van der Waals surface area (Å²) in [6.07, 6.45) is 2.38. The minimum atomic E-state index is -0.537. The van der Waals surface area contributed by atoms with Crippen LogP contribution in [0.3, 0.4) is 0 Å². The molecule has 6 heteroatoms. The lowest BCUT2D eigenvalue weighted by Crippen LogP contribution is -2.32. The molecule has 0 aromatic heterocycles. The molecule has 0 saturated carbocycles. The molecule has 0 aliphatic heterocycles. The second-order valence-corrected chi connectivity index (χ2v) is 4.43. The van der Waals surface area contributed by atoms with Crippen LogP contribution < -0.4 is 11.5 Å². The van der Waals surface area contributed by atoms with Crippen molar-refractivity contribution in [3.63, 3.8) is 0 Å². The van der Waals surface area contributed by atoms with Crippen molar-refractivity contribution in [1.29, 1.82) is 0 Å². The van der Waals surface area contributed by atoms with Crippen molar-refractivity contribution < 1.29 is 19.7 Å². The summed E-state index contributed by atoms with van der Waals surface area (Å²) in [5.41, 5.74) is 12.0. The highest BCUT2D eigenvalue weighted by molar-refractivity contribution is 5.75. The maximum Gasteiger partial charge on any atom is 0.323 e. The minimum Gasteiger partial charge on any atom is -0.460 e. The van der Waals surface area contributed by atoms with E-state index in [0.717, 1.165) is 18.4 Å². The molecule has 0 radical (unpaired) electrons. The second kappa shape index (κ2) is 13.5. The molecule has 0 saturated heterocycles. The molecule has 1 rings (SSSR count). The van der Waals surface area contributed by atoms with Gasteiger partial charge in [0.25, 0.3) is 0 Å². The Bertz CT molecular complexity index is 358. The summed E-state index contributed by atoms with van der Waals surface area (Å²) in [6.45, 7) is 0.663. The predicted octanol–water partition coefficient (Wildman–Crippen LogP) is 0.157. The van der Waals surface area contributed by atoms with Gasteiger partial charge >= 0.3 is 5.97 Å². The fourth-order valence-electron chi connectivity index (χ4n) is 1.46. The zero-order valence-corrected chi connectivity index (χ0v) is 12.3. The standard InChI is InChI=1S/C13H20N2O2.C2H6O2/c14-9-5-4-8-12(15)13(16)17-10-11-6-2-1-3-7-11;3-1-2-4/h1-3,6-7,12H,4-5,8-10,14-15H2;3-4H,1-2H2. The van der Waals surface area contributed by atoms with Gasteiger partial charge in [0, 0.05) is 0 Å². The second-order valence-electron chi connectivity index (χ2n) is 4.43. The Morgan fingerprint density at radius 3 is 2.29 bits per heavy atom. The van der Waals surface area contributed by atoms with Crippen LogP contribution in [0.1, 0.15) is 24.8 Å². The Morgan fingerprint density at radius 1 is 1.14 bits per heavy atom. The van der Waals surface area contributed by atoms with Gasteiger partial charge in [-0.1, -0.05) is 36.8 Å². The molecule has 1 aromatic rings. The monoisotopic (exact) mass is 298 g/mol. The lowest BCUT2D eigenvalue weighted by molar-refractivity contribution is -0.146. The summed E-state index contributed by atoms with van der Waals surface area (Å²) in [7, 11) is 0. The number of benzene rings is 1. The molecule has 6 N–H and O–H groups in total. The van der Waals surface area contributed by atoms with Crippen molar-refractivity contribution in [2.24, 2.45) is 11.5 Å². The van der Waals surface area contributed by atoms with Gasteiger partial charge in [0.05, 0.1) is 13.2 Å². The maximum absolute atomic E-state index is 11.5. The van der Waals surface area contributed by atoms with Crippen LogP contribution >= 0.6 is 0 Å². The molecule has 6 nitrogen and oxygen atoms in total. The van der Waals surface area contributed by atoms with Crippen molar-refractivity contribution in [2.75, 3.05) is 19.8 Å². The Labute approximate surface area is 125 Å². The fourth-order valence-corrected chi connectivity index (χ4v) is 1.46. The number of carbonyl (C=O) groups excluding carboxylic acids is 1. The number of hydrogen-bond donors (Lipinski definition) is 4. The molecule has 1 unspecified atom stereocenters. The van der Waals surface area contributed by atoms with Crippen LogP contribution in [0.25, 0.3) is 0 Å². The normalized spacial score (nSPS) is 11.2. The Hall–Kier alpha value is -1.47. The largest absolute Gasteiger partial charge is 0.460 e. The van der Waals surface area contributed by atoms with E-state index in [-0.39, 0.29) is 25.8 Å². The first-order chi connectivity index (χ1) is 10.2. The highest BCUT2D eigenvalue weighted by Gasteiger charge is 2.14. The number of carbonyl (C=O) groups is 1. The quantitative estimate of drug-likeness (QED) is 0.401. The Morgan fingerprint density at radius 2 is 1.76 bits per heavy atom. The SMILES string of the molecule is NCCCCC(N)C(=O)OCc1ccccc1.OCCO. The van der Waals surface area contributed by atoms with Gasteiger partial charge in [0.15, 0.2) is 0 Å². The molecule has 1 atom stereocenters. The molecular formula is C15H26N2O4. The first-order valence-corrected chi connectivity index (χ1v) is 7.03. The van der Waals surface area contributed by atoms with Crippen molar-refractivity contribution in [3.05, 3.63) is 35.9 Å². The number of aliphatic hydroxyl groups is 2. The van der Waals surface area contributed by atoms with Gasteiger partial charge < -0.3 is 26.4 Å². The van der Waals surface area contributed by atoms with Gasteiger partial charge in [0.2, 0.25) is 0 Å². The molecule has 0 bridgehead atoms. The molecule has 0 aliphatic rings. The zero-order chi connectivity index (χ0) is 15.9. The Balaban J connectivity index is 0.000000885. The third-order valence-electron chi connectivity index (χ3n) is 2.60. The maximum atomic E-state index is 11.5. The molecule has 21 heavy (non-hydrogen) atoms. The first kappa shape index (κ1) is 19.5. The van der Waals surface area contributed by atoms with Gasteiger partial charge in [-0.15, -0.1) is 0 Å². The van der Waals surface area contributed by atoms with Crippen LogP contribution in [0.15, 0.2) is 30.3 Å². The molecule has 0 amide bonds. The van der Waals surface area contributed by atoms with Gasteiger partial charge in [-0.05, 0) is 24.9 Å². The molecule has 1 aromatic carbocycles. The smallest absolute Gasteiger partial charge is 0.323 e. The molecule has 0 aliphatic carbocycles. The molecule has 0 fully saturated rings. The predicted molar refractivity (Wildman–Crippen MR) is 81.3 cm³/mol. The van der Waals surface area contributed by atoms with Crippen molar-refractivity contribution >= 4 is 5.97 Å². The van der Waals surface area contributed by atoms with E-state index in [9.17, 15) is 4.79 Å². The highest BCUT2D eigenvalue weighted by Crippen LogP contribution is 2.04. The van der Waals surface area contributed by atoms with E-state index in [1.54, 1.807) is 0 Å². The third kappa shape index (κ3) is 10.9. The van der Waals surface area contributed by atoms with E-state index in [2.05, 4.69) is 0 Å². The molecule has 0 spiro atoms. The van der Waals surface area contributed by atoms with Crippen molar-refractivity contribution in [1.82, 2.24) is 0 Å². The van der Waals surface area contributed by atoms with Gasteiger partial charge in [-0.3, -0.25) is 4.79 Å². The molecule has 0 heterocycles. The van der Waals surface area contributed by atoms with Crippen molar-refractivity contribution in [3.8, 4) is 0 Å². The number of aliphatic hydroxyl groups excluding tert-OH is 2. The number of ether oxygens (including phenoxy) is 1. The highest BCUT2D eigenvalue weighted by atomic mass is 16.5. The number of unbranched alkanes of at least 4 members (excludes halogenated alkanes) is 1. The number of esters is 1. The first-order valence-electron chi connectivity index (χ1n) is 7.03.